The lowest BCUT2D eigenvalue weighted by molar-refractivity contribution is 0.0950. The first-order valence-corrected chi connectivity index (χ1v) is 8.36. The highest BCUT2D eigenvalue weighted by atomic mass is 16.3. The van der Waals surface area contributed by atoms with Crippen molar-refractivity contribution in [2.75, 3.05) is 18.4 Å². The molecule has 3 rings (SSSR count). The van der Waals surface area contributed by atoms with Crippen LogP contribution in [0.4, 0.5) is 10.5 Å². The third-order valence-corrected chi connectivity index (χ3v) is 4.14. The van der Waals surface area contributed by atoms with E-state index in [0.29, 0.717) is 17.9 Å². The van der Waals surface area contributed by atoms with Gasteiger partial charge < -0.3 is 25.7 Å². The zero-order chi connectivity index (χ0) is 17.6. The molecule has 1 saturated heterocycles. The van der Waals surface area contributed by atoms with E-state index in [1.807, 2.05) is 29.2 Å². The van der Waals surface area contributed by atoms with Crippen molar-refractivity contribution in [1.82, 2.24) is 10.2 Å². The van der Waals surface area contributed by atoms with Gasteiger partial charge in [-0.3, -0.25) is 4.79 Å². The molecule has 7 nitrogen and oxygen atoms in total. The number of carbonyl (C=O) groups excluding carboxylic acids is 2. The average Bonchev–Trinajstić information content (AvgIpc) is 3.31. The molecule has 2 heterocycles. The van der Waals surface area contributed by atoms with Gasteiger partial charge >= 0.3 is 6.03 Å². The van der Waals surface area contributed by atoms with E-state index < -0.39 is 0 Å². The second-order valence-electron chi connectivity index (χ2n) is 6.01. The number of benzene rings is 1. The van der Waals surface area contributed by atoms with Crippen molar-refractivity contribution >= 4 is 17.6 Å². The highest BCUT2D eigenvalue weighted by Crippen LogP contribution is 2.14. The van der Waals surface area contributed by atoms with E-state index in [1.54, 1.807) is 6.07 Å². The van der Waals surface area contributed by atoms with Crippen LogP contribution in [-0.2, 0) is 13.1 Å². The summed E-state index contributed by atoms with van der Waals surface area (Å²) in [5, 5.41) is 5.73. The van der Waals surface area contributed by atoms with Gasteiger partial charge in [0, 0.05) is 25.3 Å². The average molecular weight is 342 g/mol. The zero-order valence-electron chi connectivity index (χ0n) is 14.0. The van der Waals surface area contributed by atoms with Gasteiger partial charge in [0.05, 0.1) is 12.1 Å². The number of rotatable bonds is 5. The number of furan rings is 1. The van der Waals surface area contributed by atoms with Gasteiger partial charge in [0.15, 0.2) is 0 Å². The van der Waals surface area contributed by atoms with Crippen molar-refractivity contribution < 1.29 is 14.0 Å². The lowest BCUT2D eigenvalue weighted by Gasteiger charge is -2.16. The number of urea groups is 1. The quantitative estimate of drug-likeness (QED) is 0.776. The number of likely N-dealkylation sites (tertiary alicyclic amines) is 1. The van der Waals surface area contributed by atoms with Gasteiger partial charge in [0.25, 0.3) is 5.91 Å². The highest BCUT2D eigenvalue weighted by molar-refractivity contribution is 5.94. The molecule has 132 valence electrons. The third kappa shape index (κ3) is 4.39. The first kappa shape index (κ1) is 17.0. The molecule has 4 N–H and O–H groups in total. The van der Waals surface area contributed by atoms with Gasteiger partial charge in [-0.15, -0.1) is 0 Å². The highest BCUT2D eigenvalue weighted by Gasteiger charge is 2.17. The second-order valence-corrected chi connectivity index (χ2v) is 6.01. The summed E-state index contributed by atoms with van der Waals surface area (Å²) < 4.78 is 5.16. The molecule has 0 aliphatic carbocycles. The van der Waals surface area contributed by atoms with Crippen LogP contribution in [0.1, 0.15) is 34.5 Å². The van der Waals surface area contributed by atoms with Crippen LogP contribution >= 0.6 is 0 Å². The van der Waals surface area contributed by atoms with Crippen LogP contribution in [0.2, 0.25) is 0 Å². The van der Waals surface area contributed by atoms with Crippen molar-refractivity contribution in [2.45, 2.75) is 25.9 Å². The topological polar surface area (TPSA) is 101 Å². The molecule has 1 fully saturated rings. The summed E-state index contributed by atoms with van der Waals surface area (Å²) in [6.45, 7) is 2.22. The Morgan fingerprint density at radius 1 is 1.20 bits per heavy atom. The maximum absolute atomic E-state index is 12.1. The molecule has 0 spiro atoms. The number of nitrogens with zero attached hydrogens (tertiary/aromatic N) is 1. The predicted molar refractivity (Wildman–Crippen MR) is 94.0 cm³/mol. The van der Waals surface area contributed by atoms with E-state index in [0.717, 1.165) is 37.2 Å². The molecule has 1 aliphatic heterocycles. The van der Waals surface area contributed by atoms with Crippen LogP contribution in [0.3, 0.4) is 0 Å². The number of carbonyl (C=O) groups is 2. The maximum atomic E-state index is 12.1. The summed E-state index contributed by atoms with van der Waals surface area (Å²) >= 11 is 0. The van der Waals surface area contributed by atoms with E-state index >= 15 is 0 Å². The fourth-order valence-electron chi connectivity index (χ4n) is 2.77. The van der Waals surface area contributed by atoms with Crippen LogP contribution in [0.5, 0.6) is 0 Å². The Bertz CT molecular complexity index is 750. The lowest BCUT2D eigenvalue weighted by Crippen LogP contribution is -2.32. The summed E-state index contributed by atoms with van der Waals surface area (Å²) in [4.78, 5) is 26.0. The minimum absolute atomic E-state index is 0.0774. The number of anilines is 1. The molecule has 3 amide bonds. The van der Waals surface area contributed by atoms with Crippen LogP contribution in [0.25, 0.3) is 0 Å². The van der Waals surface area contributed by atoms with Crippen molar-refractivity contribution in [2.24, 2.45) is 5.73 Å². The van der Waals surface area contributed by atoms with Crippen LogP contribution in [0, 0.1) is 0 Å². The molecular weight excluding hydrogens is 320 g/mol. The van der Waals surface area contributed by atoms with Crippen LogP contribution in [-0.4, -0.2) is 29.9 Å². The largest absolute Gasteiger partial charge is 0.467 e. The molecular formula is C18H22N4O3. The normalized spacial score (nSPS) is 13.7. The van der Waals surface area contributed by atoms with Crippen molar-refractivity contribution in [3.05, 3.63) is 53.5 Å². The van der Waals surface area contributed by atoms with E-state index in [-0.39, 0.29) is 18.5 Å². The van der Waals surface area contributed by atoms with Crippen LogP contribution in [0.15, 0.2) is 41.0 Å². The monoisotopic (exact) mass is 342 g/mol. The Balaban J connectivity index is 1.55. The number of nitrogens with two attached hydrogens (primary N) is 1. The number of nitrogens with one attached hydrogen (secondary N) is 2. The lowest BCUT2D eigenvalue weighted by atomic mass is 10.2. The molecule has 0 atom stereocenters. The Kier molecular flexibility index (Phi) is 5.35. The van der Waals surface area contributed by atoms with Crippen LogP contribution < -0.4 is 16.4 Å². The summed E-state index contributed by atoms with van der Waals surface area (Å²) in [5.41, 5.74) is 7.53. The molecule has 2 aromatic rings. The molecule has 0 radical (unpaired) electrons. The van der Waals surface area contributed by atoms with Gasteiger partial charge in [-0.1, -0.05) is 12.1 Å². The Labute approximate surface area is 146 Å². The first-order chi connectivity index (χ1) is 12.2. The first-order valence-electron chi connectivity index (χ1n) is 8.36. The Hall–Kier alpha value is -2.80. The Morgan fingerprint density at radius 3 is 2.72 bits per heavy atom. The smallest absolute Gasteiger partial charge is 0.321 e. The SMILES string of the molecule is NCc1cc(C(=O)NCc2cccc(NC(=O)N3CCCC3)c2)co1. The molecule has 1 aromatic carbocycles. The summed E-state index contributed by atoms with van der Waals surface area (Å²) in [5.74, 6) is 0.340. The van der Waals surface area contributed by atoms with Gasteiger partial charge in [-0.05, 0) is 36.6 Å². The van der Waals surface area contributed by atoms with E-state index in [2.05, 4.69) is 10.6 Å². The molecule has 0 saturated carbocycles. The van der Waals surface area contributed by atoms with Gasteiger partial charge in [0.2, 0.25) is 0 Å². The third-order valence-electron chi connectivity index (χ3n) is 4.14. The maximum Gasteiger partial charge on any atom is 0.321 e. The van der Waals surface area contributed by atoms with Crippen molar-refractivity contribution in [3.8, 4) is 0 Å². The minimum Gasteiger partial charge on any atom is -0.467 e. The molecule has 7 heteroatoms. The molecule has 0 unspecified atom stereocenters. The number of hydrogen-bond acceptors (Lipinski definition) is 4. The van der Waals surface area contributed by atoms with Crippen molar-refractivity contribution in [3.63, 3.8) is 0 Å². The number of hydrogen-bond donors (Lipinski definition) is 3. The molecule has 1 aromatic heterocycles. The summed E-state index contributed by atoms with van der Waals surface area (Å²) in [6, 6.07) is 8.99. The van der Waals surface area contributed by atoms with E-state index in [1.165, 1.54) is 6.26 Å². The summed E-state index contributed by atoms with van der Waals surface area (Å²) in [6.07, 6.45) is 3.50. The van der Waals surface area contributed by atoms with E-state index in [4.69, 9.17) is 10.2 Å². The molecule has 0 bridgehead atoms. The minimum atomic E-state index is -0.227. The fourth-order valence-corrected chi connectivity index (χ4v) is 2.77. The number of amides is 3. The zero-order valence-corrected chi connectivity index (χ0v) is 14.0. The van der Waals surface area contributed by atoms with E-state index in [9.17, 15) is 9.59 Å². The standard InChI is InChI=1S/C18H22N4O3/c19-10-16-9-14(12-25-16)17(23)20-11-13-4-3-5-15(8-13)21-18(24)22-6-1-2-7-22/h3-5,8-9,12H,1-2,6-7,10-11,19H2,(H,20,23)(H,21,24). The van der Waals surface area contributed by atoms with Gasteiger partial charge in [-0.2, -0.15) is 0 Å². The fraction of sp³-hybridized carbons (Fsp3) is 0.333. The predicted octanol–water partition coefficient (Wildman–Crippen LogP) is 2.30. The summed E-state index contributed by atoms with van der Waals surface area (Å²) in [7, 11) is 0. The Morgan fingerprint density at radius 2 is 2.00 bits per heavy atom. The van der Waals surface area contributed by atoms with Gasteiger partial charge in [-0.25, -0.2) is 4.79 Å². The van der Waals surface area contributed by atoms with Gasteiger partial charge in [0.1, 0.15) is 12.0 Å². The second kappa shape index (κ2) is 7.85. The molecule has 1 aliphatic rings. The van der Waals surface area contributed by atoms with Crippen molar-refractivity contribution in [1.29, 1.82) is 0 Å². The molecule has 25 heavy (non-hydrogen) atoms.